The number of rotatable bonds is 42. The van der Waals surface area contributed by atoms with Crippen molar-refractivity contribution in [2.75, 3.05) is 73.7 Å². The SMILES string of the molecule is CCC(C)C(C)C(C)C(C)C(C)C(C)C(C)C(C)C(C)C(C)C(C)C(C)C(C)C(C)C(C)C(C)C.COC(=O)c1cc(C(Cl)CCc2ccc(C(=O)NCCNCCN(CCNC(=O)c3ccccc3)CCNC(=O)c3ccc(CCC(Cl)c4cc(C(=O)OC)nc(C(=O)OC)c4)cc3)cc2)cc(C)n1.O=C=O. The van der Waals surface area contributed by atoms with Crippen LogP contribution in [0.3, 0.4) is 0 Å². The minimum atomic E-state index is -0.704. The maximum atomic E-state index is 13.2. The quantitative estimate of drug-likeness (QED) is 0.0123. The molecule has 5 aromatic rings. The van der Waals surface area contributed by atoms with Gasteiger partial charge in [-0.05, 0) is 210 Å². The molecule has 3 amide bonds. The van der Waals surface area contributed by atoms with Gasteiger partial charge >= 0.3 is 24.1 Å². The zero-order chi connectivity index (χ0) is 81.1. The van der Waals surface area contributed by atoms with Crippen molar-refractivity contribution in [3.8, 4) is 0 Å². The Balaban J connectivity index is 0.000000669. The molecule has 17 atom stereocenters. The van der Waals surface area contributed by atoms with Gasteiger partial charge in [-0.1, -0.05) is 174 Å². The molecule has 0 fully saturated rings. The Hall–Kier alpha value is -7.34. The summed E-state index contributed by atoms with van der Waals surface area (Å²) in [6.07, 6.45) is 3.86. The van der Waals surface area contributed by atoms with E-state index in [9.17, 15) is 28.8 Å². The van der Waals surface area contributed by atoms with E-state index in [0.29, 0.717) is 106 Å². The van der Waals surface area contributed by atoms with Crippen LogP contribution >= 0.6 is 23.2 Å². The molecule has 4 N–H and O–H groups in total. The van der Waals surface area contributed by atoms with Gasteiger partial charge in [0.2, 0.25) is 0 Å². The number of amides is 3. The first kappa shape index (κ1) is 94.9. The first-order valence-corrected chi connectivity index (χ1v) is 40.0. The highest BCUT2D eigenvalue weighted by Gasteiger charge is 2.38. The van der Waals surface area contributed by atoms with Crippen molar-refractivity contribution in [3.63, 3.8) is 0 Å². The summed E-state index contributed by atoms with van der Waals surface area (Å²) < 4.78 is 14.4. The van der Waals surface area contributed by atoms with Crippen molar-refractivity contribution in [1.29, 1.82) is 0 Å². The lowest BCUT2D eigenvalue weighted by Crippen LogP contribution is -2.43. The van der Waals surface area contributed by atoms with Gasteiger partial charge in [-0.2, -0.15) is 9.59 Å². The Morgan fingerprint density at radius 2 is 0.731 bits per heavy atom. The fourth-order valence-corrected chi connectivity index (χ4v) is 15.0. The van der Waals surface area contributed by atoms with Gasteiger partial charge < -0.3 is 35.5 Å². The molecule has 0 spiro atoms. The van der Waals surface area contributed by atoms with E-state index in [1.54, 1.807) is 49.4 Å². The van der Waals surface area contributed by atoms with E-state index in [-0.39, 0.29) is 46.3 Å². The van der Waals surface area contributed by atoms with Crippen LogP contribution < -0.4 is 21.3 Å². The maximum absolute atomic E-state index is 13.2. The lowest BCUT2D eigenvalue weighted by Gasteiger charge is -2.43. The molecule has 2 heterocycles. The predicted molar refractivity (Wildman–Crippen MR) is 434 cm³/mol. The van der Waals surface area contributed by atoms with E-state index in [0.717, 1.165) is 111 Å². The van der Waals surface area contributed by atoms with Crippen LogP contribution in [0.5, 0.6) is 0 Å². The fraction of sp³-hybridized carbons (Fsp3) is 0.602. The monoisotopic (exact) mass is 1530 g/mol. The zero-order valence-corrected chi connectivity index (χ0v) is 70.5. The summed E-state index contributed by atoms with van der Waals surface area (Å²) in [5, 5.41) is 11.4. The first-order valence-electron chi connectivity index (χ1n) is 39.2. The molecule has 20 heteroatoms. The Morgan fingerprint density at radius 1 is 0.417 bits per heavy atom. The Kier molecular flexibility index (Phi) is 43.1. The minimum absolute atomic E-state index is 0.0541. The van der Waals surface area contributed by atoms with Crippen LogP contribution in [-0.4, -0.2) is 130 Å². The van der Waals surface area contributed by atoms with Crippen molar-refractivity contribution in [2.45, 2.75) is 174 Å². The number of halogens is 2. The van der Waals surface area contributed by atoms with E-state index in [2.05, 4.69) is 161 Å². The molecule has 18 nitrogen and oxygen atoms in total. The van der Waals surface area contributed by atoms with Crippen LogP contribution in [0.4, 0.5) is 0 Å². The highest BCUT2D eigenvalue weighted by Crippen LogP contribution is 2.44. The molecular formula is C88H131Cl2N7O11. The summed E-state index contributed by atoms with van der Waals surface area (Å²) in [7, 11) is 3.75. The van der Waals surface area contributed by atoms with Crippen molar-refractivity contribution >= 4 is 65.0 Å². The Morgan fingerprint density at radius 3 is 1.08 bits per heavy atom. The third-order valence-electron chi connectivity index (χ3n) is 24.6. The van der Waals surface area contributed by atoms with Crippen molar-refractivity contribution in [1.82, 2.24) is 36.1 Å². The Bertz CT molecular complexity index is 3520. The van der Waals surface area contributed by atoms with E-state index in [4.69, 9.17) is 47.0 Å². The highest BCUT2D eigenvalue weighted by atomic mass is 35.5. The summed E-state index contributed by atoms with van der Waals surface area (Å²) in [4.78, 5) is 102. The smallest absolute Gasteiger partial charge is 0.373 e. The van der Waals surface area contributed by atoms with Crippen LogP contribution in [0, 0.1) is 102 Å². The molecule has 17 unspecified atom stereocenters. The maximum Gasteiger partial charge on any atom is 0.373 e. The standard InChI is InChI=1S/C52H59Cl2N7O9.C35H72.CO2/c1-34-30-40(31-44(59-34)50(65)68-2)42(53)20-14-35-10-16-38(17-11-35)48(63)56-23-22-55-24-27-61(28-25-57-47(62)37-8-6-5-7-9-37)29-26-58-49(64)39-18-12-36(13-19-39)15-21-43(54)41-32-45(51(66)69-3)60-46(33-41)52(67)70-4;1-19-21(4)23(6)25(8)27(10)29(12)31(14)33(16)35(18)34(17)32(15)30(13)28(11)26(9)24(7)22(5)20(2)3;2-1-3/h5-13,16-19,30-33,42-43,55H,14-15,20-29H2,1-4H3,(H,56,63)(H,57,62)(H,58,64);20-35H,19H2,1-18H3;. The number of carbonyl (C=O) groups excluding carboxylic acids is 8. The Labute approximate surface area is 657 Å². The largest absolute Gasteiger partial charge is 0.464 e. The van der Waals surface area contributed by atoms with Gasteiger partial charge in [-0.25, -0.2) is 24.4 Å². The van der Waals surface area contributed by atoms with Gasteiger partial charge in [0.25, 0.3) is 17.7 Å². The van der Waals surface area contributed by atoms with E-state index >= 15 is 0 Å². The zero-order valence-electron chi connectivity index (χ0n) is 69.0. The third-order valence-corrected chi connectivity index (χ3v) is 25.5. The number of methoxy groups -OCH3 is 3. The minimum Gasteiger partial charge on any atom is -0.464 e. The number of benzene rings is 3. The molecule has 0 aliphatic heterocycles. The number of pyridine rings is 2. The summed E-state index contributed by atoms with van der Waals surface area (Å²) in [6.45, 7) is 50.9. The topological polar surface area (TPSA) is 241 Å². The van der Waals surface area contributed by atoms with Gasteiger partial charge in [0.15, 0.2) is 0 Å². The number of nitrogens with one attached hydrogen (secondary N) is 4. The van der Waals surface area contributed by atoms with Gasteiger partial charge in [-0.15, -0.1) is 23.2 Å². The van der Waals surface area contributed by atoms with Crippen LogP contribution in [-0.2, 0) is 36.6 Å². The van der Waals surface area contributed by atoms with Crippen LogP contribution in [0.1, 0.15) is 245 Å². The molecule has 5 rings (SSSR count). The lowest BCUT2D eigenvalue weighted by molar-refractivity contribution is -0.191. The van der Waals surface area contributed by atoms with Crippen LogP contribution in [0.2, 0.25) is 0 Å². The molecule has 3 aromatic carbocycles. The fourth-order valence-electron chi connectivity index (χ4n) is 14.6. The molecule has 2 aromatic heterocycles. The molecule has 0 saturated carbocycles. The number of hydrogen-bond donors (Lipinski definition) is 4. The molecule has 0 bridgehead atoms. The number of aryl methyl sites for hydroxylation is 3. The molecular weight excluding hydrogens is 1400 g/mol. The lowest BCUT2D eigenvalue weighted by atomic mass is 9.62. The van der Waals surface area contributed by atoms with E-state index in [1.165, 1.54) is 39.9 Å². The predicted octanol–water partition coefficient (Wildman–Crippen LogP) is 17.5. The van der Waals surface area contributed by atoms with Crippen LogP contribution in [0.15, 0.2) is 103 Å². The second-order valence-corrected chi connectivity index (χ2v) is 32.0. The average molecular weight is 1530 g/mol. The van der Waals surface area contributed by atoms with E-state index in [1.807, 2.05) is 48.5 Å². The second kappa shape index (κ2) is 49.0. The van der Waals surface area contributed by atoms with Gasteiger partial charge in [0.05, 0.1) is 32.1 Å². The van der Waals surface area contributed by atoms with E-state index < -0.39 is 23.3 Å². The first-order chi connectivity index (χ1) is 51.1. The van der Waals surface area contributed by atoms with Gasteiger partial charge in [0, 0.05) is 74.7 Å². The summed E-state index contributed by atoms with van der Waals surface area (Å²) in [5.74, 6) is 9.91. The molecule has 598 valence electrons. The number of ether oxygens (including phenoxy) is 3. The van der Waals surface area contributed by atoms with Crippen LogP contribution in [0.25, 0.3) is 0 Å². The molecule has 0 aliphatic carbocycles. The van der Waals surface area contributed by atoms with Crippen molar-refractivity contribution in [3.05, 3.63) is 165 Å². The number of aromatic nitrogens is 2. The van der Waals surface area contributed by atoms with Crippen molar-refractivity contribution in [2.24, 2.45) is 94.7 Å². The van der Waals surface area contributed by atoms with Crippen molar-refractivity contribution < 1.29 is 52.6 Å². The highest BCUT2D eigenvalue weighted by molar-refractivity contribution is 6.21. The number of nitrogens with zero attached hydrogens (tertiary/aromatic N) is 3. The van der Waals surface area contributed by atoms with Gasteiger partial charge in [0.1, 0.15) is 17.1 Å². The summed E-state index contributed by atoms with van der Waals surface area (Å²) in [5.41, 5.74) is 5.66. The molecule has 0 saturated heterocycles. The molecule has 108 heavy (non-hydrogen) atoms. The normalized spacial score (nSPS) is 16.1. The number of carbonyl (C=O) groups is 6. The molecule has 0 aliphatic rings. The summed E-state index contributed by atoms with van der Waals surface area (Å²) in [6, 6.07) is 30.1. The average Bonchev–Trinajstić information content (AvgIpc) is 0.823. The number of alkyl halides is 2. The number of esters is 3. The summed E-state index contributed by atoms with van der Waals surface area (Å²) >= 11 is 13.4. The van der Waals surface area contributed by atoms with Gasteiger partial charge in [-0.3, -0.25) is 19.3 Å². The molecule has 0 radical (unpaired) electrons. The second-order valence-electron chi connectivity index (χ2n) is 30.9. The number of hydrogen-bond acceptors (Lipinski definition) is 15. The third kappa shape index (κ3) is 30.5.